The molecule has 1 amide bonds. The van der Waals surface area contributed by atoms with Gasteiger partial charge in [-0.25, -0.2) is 4.98 Å². The number of nitrogens with one attached hydrogen (secondary N) is 1. The number of hydrogen-bond acceptors (Lipinski definition) is 5. The zero-order valence-corrected chi connectivity index (χ0v) is 16.9. The molecule has 0 aliphatic carbocycles. The molecule has 0 bridgehead atoms. The molecule has 1 N–H and O–H groups in total. The number of hydrogen-bond donors (Lipinski definition) is 1. The minimum absolute atomic E-state index is 0.199. The van der Waals surface area contributed by atoms with Gasteiger partial charge >= 0.3 is 0 Å². The highest BCUT2D eigenvalue weighted by molar-refractivity contribution is 7.98. The van der Waals surface area contributed by atoms with Crippen LogP contribution in [0, 0.1) is 0 Å². The minimum Gasteiger partial charge on any atom is -0.457 e. The maximum atomic E-state index is 12.8. The zero-order chi connectivity index (χ0) is 19.6. The van der Waals surface area contributed by atoms with Crippen LogP contribution < -0.4 is 10.1 Å². The van der Waals surface area contributed by atoms with Gasteiger partial charge in [-0.05, 0) is 36.4 Å². The molecule has 6 heteroatoms. The van der Waals surface area contributed by atoms with E-state index in [4.69, 9.17) is 4.74 Å². The summed E-state index contributed by atoms with van der Waals surface area (Å²) in [6.45, 7) is 0. The van der Waals surface area contributed by atoms with Crippen molar-refractivity contribution in [3.8, 4) is 22.8 Å². The zero-order valence-electron chi connectivity index (χ0n) is 15.3. The fraction of sp³-hybridized carbons (Fsp3) is 0.0435. The van der Waals surface area contributed by atoms with Crippen molar-refractivity contribution in [2.45, 2.75) is 10.6 Å². The van der Waals surface area contributed by atoms with Gasteiger partial charge in [0.2, 0.25) is 0 Å². The Morgan fingerprint density at radius 1 is 0.931 bits per heavy atom. The van der Waals surface area contributed by atoms with Crippen molar-refractivity contribution in [3.63, 3.8) is 0 Å². The summed E-state index contributed by atoms with van der Waals surface area (Å²) >= 11 is 3.34. The van der Waals surface area contributed by atoms with Gasteiger partial charge < -0.3 is 4.74 Å². The smallest absolute Gasteiger partial charge is 0.257 e. The molecule has 0 fully saturated rings. The lowest BCUT2D eigenvalue weighted by molar-refractivity contribution is 0.102. The Morgan fingerprint density at radius 3 is 2.62 bits per heavy atom. The molecule has 1 aromatic heterocycles. The maximum Gasteiger partial charge on any atom is 0.257 e. The Hall–Kier alpha value is -3.09. The third-order valence-corrected chi connectivity index (χ3v) is 6.75. The lowest BCUT2D eigenvalue weighted by atomic mass is 10.1. The molecule has 4 nitrogen and oxygen atoms in total. The SMILES string of the molecule is O=C(Nc1nc2c(s1)CSc1ccccc1-2)c1cccc(Oc2ccccc2)c1. The van der Waals surface area contributed by atoms with E-state index in [1.54, 1.807) is 23.9 Å². The van der Waals surface area contributed by atoms with Crippen LogP contribution in [0.3, 0.4) is 0 Å². The van der Waals surface area contributed by atoms with Crippen molar-refractivity contribution in [2.75, 3.05) is 5.32 Å². The van der Waals surface area contributed by atoms with E-state index >= 15 is 0 Å². The first-order valence-corrected chi connectivity index (χ1v) is 10.9. The summed E-state index contributed by atoms with van der Waals surface area (Å²) in [6, 6.07) is 24.9. The molecule has 1 aliphatic heterocycles. The monoisotopic (exact) mass is 416 g/mol. The minimum atomic E-state index is -0.199. The summed E-state index contributed by atoms with van der Waals surface area (Å²) in [5.41, 5.74) is 2.64. The second kappa shape index (κ2) is 7.73. The van der Waals surface area contributed by atoms with Crippen LogP contribution in [0.5, 0.6) is 11.5 Å². The molecule has 0 saturated carbocycles. The van der Waals surface area contributed by atoms with Crippen LogP contribution in [0.2, 0.25) is 0 Å². The maximum absolute atomic E-state index is 12.8. The van der Waals surface area contributed by atoms with Crippen molar-refractivity contribution in [1.29, 1.82) is 0 Å². The summed E-state index contributed by atoms with van der Waals surface area (Å²) in [6.07, 6.45) is 0. The third-order valence-electron chi connectivity index (χ3n) is 4.49. The van der Waals surface area contributed by atoms with Crippen LogP contribution in [0.25, 0.3) is 11.3 Å². The molecule has 0 unspecified atom stereocenters. The molecule has 4 aromatic rings. The molecule has 1 aliphatic rings. The average molecular weight is 417 g/mol. The number of amides is 1. The number of benzene rings is 3. The molecule has 0 radical (unpaired) electrons. The number of anilines is 1. The molecule has 5 rings (SSSR count). The number of carbonyl (C=O) groups excluding carboxylic acids is 1. The van der Waals surface area contributed by atoms with E-state index in [2.05, 4.69) is 22.4 Å². The molecule has 3 aromatic carbocycles. The molecule has 142 valence electrons. The van der Waals surface area contributed by atoms with E-state index in [1.165, 1.54) is 21.1 Å². The number of nitrogens with zero attached hydrogens (tertiary/aromatic N) is 1. The molecule has 2 heterocycles. The summed E-state index contributed by atoms with van der Waals surface area (Å²) in [7, 11) is 0. The van der Waals surface area contributed by atoms with Gasteiger partial charge in [-0.1, -0.05) is 42.5 Å². The second-order valence-corrected chi connectivity index (χ2v) is 8.57. The van der Waals surface area contributed by atoms with Crippen molar-refractivity contribution in [3.05, 3.63) is 89.3 Å². The van der Waals surface area contributed by atoms with E-state index in [0.717, 1.165) is 22.8 Å². The van der Waals surface area contributed by atoms with Gasteiger partial charge in [-0.15, -0.1) is 23.1 Å². The van der Waals surface area contributed by atoms with E-state index in [-0.39, 0.29) is 5.91 Å². The predicted molar refractivity (Wildman–Crippen MR) is 118 cm³/mol. The van der Waals surface area contributed by atoms with Crippen LogP contribution in [-0.4, -0.2) is 10.9 Å². The van der Waals surface area contributed by atoms with Gasteiger partial charge in [-0.3, -0.25) is 10.1 Å². The Bertz CT molecular complexity index is 1190. The first-order valence-electron chi connectivity index (χ1n) is 9.12. The van der Waals surface area contributed by atoms with Crippen molar-refractivity contribution < 1.29 is 9.53 Å². The normalized spacial score (nSPS) is 12.0. The molecule has 29 heavy (non-hydrogen) atoms. The van der Waals surface area contributed by atoms with Crippen LogP contribution in [0.4, 0.5) is 5.13 Å². The average Bonchev–Trinajstić information content (AvgIpc) is 3.18. The number of ether oxygens (including phenoxy) is 1. The third kappa shape index (κ3) is 3.77. The Balaban J connectivity index is 1.35. The molecule has 0 saturated heterocycles. The van der Waals surface area contributed by atoms with Gasteiger partial charge in [-0.2, -0.15) is 0 Å². The topological polar surface area (TPSA) is 51.2 Å². The summed E-state index contributed by atoms with van der Waals surface area (Å²) < 4.78 is 5.83. The number of rotatable bonds is 4. The van der Waals surface area contributed by atoms with Crippen molar-refractivity contribution in [2.24, 2.45) is 0 Å². The quantitative estimate of drug-likeness (QED) is 0.415. The highest BCUT2D eigenvalue weighted by atomic mass is 32.2. The first-order chi connectivity index (χ1) is 14.3. The van der Waals surface area contributed by atoms with Crippen LogP contribution in [0.15, 0.2) is 83.8 Å². The van der Waals surface area contributed by atoms with Gasteiger partial charge in [0.05, 0.1) is 5.69 Å². The molecular formula is C23H16N2O2S2. The van der Waals surface area contributed by atoms with E-state index in [1.807, 2.05) is 54.6 Å². The van der Waals surface area contributed by atoms with Crippen molar-refractivity contribution >= 4 is 34.1 Å². The van der Waals surface area contributed by atoms with E-state index in [9.17, 15) is 4.79 Å². The number of thioether (sulfide) groups is 1. The lowest BCUT2D eigenvalue weighted by Crippen LogP contribution is -2.11. The van der Waals surface area contributed by atoms with Gasteiger partial charge in [0, 0.05) is 26.7 Å². The fourth-order valence-electron chi connectivity index (χ4n) is 3.14. The fourth-order valence-corrected chi connectivity index (χ4v) is 5.24. The molecule has 0 spiro atoms. The molecular weight excluding hydrogens is 400 g/mol. The summed E-state index contributed by atoms with van der Waals surface area (Å²) in [5, 5.41) is 3.56. The highest BCUT2D eigenvalue weighted by Gasteiger charge is 2.22. The second-order valence-electron chi connectivity index (χ2n) is 6.47. The Labute approximate surface area is 176 Å². The Kier molecular flexibility index (Phi) is 4.79. The highest BCUT2D eigenvalue weighted by Crippen LogP contribution is 2.44. The van der Waals surface area contributed by atoms with E-state index in [0.29, 0.717) is 16.4 Å². The Morgan fingerprint density at radius 2 is 1.72 bits per heavy atom. The summed E-state index contributed by atoms with van der Waals surface area (Å²) in [5.74, 6) is 2.03. The first kappa shape index (κ1) is 18.0. The number of carbonyl (C=O) groups is 1. The largest absolute Gasteiger partial charge is 0.457 e. The number of thiazole rings is 1. The number of aromatic nitrogens is 1. The molecule has 0 atom stereocenters. The lowest BCUT2D eigenvalue weighted by Gasteiger charge is -2.13. The van der Waals surface area contributed by atoms with Crippen molar-refractivity contribution in [1.82, 2.24) is 4.98 Å². The predicted octanol–water partition coefficient (Wildman–Crippen LogP) is 6.46. The van der Waals surface area contributed by atoms with Crippen LogP contribution in [-0.2, 0) is 5.75 Å². The number of fused-ring (bicyclic) bond motifs is 3. The van der Waals surface area contributed by atoms with Gasteiger partial charge in [0.15, 0.2) is 5.13 Å². The number of para-hydroxylation sites is 1. The van der Waals surface area contributed by atoms with Gasteiger partial charge in [0.1, 0.15) is 11.5 Å². The van der Waals surface area contributed by atoms with Crippen LogP contribution in [0.1, 0.15) is 15.2 Å². The summed E-state index contributed by atoms with van der Waals surface area (Å²) in [4.78, 5) is 19.9. The van der Waals surface area contributed by atoms with E-state index < -0.39 is 0 Å². The van der Waals surface area contributed by atoms with Crippen LogP contribution >= 0.6 is 23.1 Å². The standard InChI is InChI=1S/C23H16N2O2S2/c26-22(15-7-6-10-17(13-15)27-16-8-2-1-3-9-16)25-23-24-21-18-11-4-5-12-19(18)28-14-20(21)29-23/h1-13H,14H2,(H,24,25,26). The van der Waals surface area contributed by atoms with Gasteiger partial charge in [0.25, 0.3) is 5.91 Å².